The van der Waals surface area contributed by atoms with Crippen LogP contribution in [0.1, 0.15) is 31.3 Å². The number of aromatic amines is 1. The van der Waals surface area contributed by atoms with Crippen LogP contribution in [0.2, 0.25) is 0 Å². The molecule has 2 aromatic rings. The summed E-state index contributed by atoms with van der Waals surface area (Å²) in [5, 5.41) is 0. The molecule has 0 spiro atoms. The Morgan fingerprint density at radius 1 is 1.16 bits per heavy atom. The SMILES string of the molecule is CN(C(=O)c1cc(S(=O)(=O)NC(C)(C)C)c[nH]1)c1ccc(F)c(F)c1. The number of rotatable bonds is 4. The Bertz CT molecular complexity index is 902. The minimum absolute atomic E-state index is 0.00140. The number of sulfonamides is 1. The molecule has 0 bridgehead atoms. The molecule has 0 saturated carbocycles. The first kappa shape index (κ1) is 19.1. The molecule has 1 heterocycles. The van der Waals surface area contributed by atoms with Crippen molar-refractivity contribution >= 4 is 21.6 Å². The number of carbonyl (C=O) groups is 1. The molecule has 6 nitrogen and oxygen atoms in total. The third-order valence-electron chi connectivity index (χ3n) is 3.23. The smallest absolute Gasteiger partial charge is 0.274 e. The lowest BCUT2D eigenvalue weighted by Crippen LogP contribution is -2.40. The van der Waals surface area contributed by atoms with Gasteiger partial charge in [-0.05, 0) is 39.0 Å². The van der Waals surface area contributed by atoms with Crippen molar-refractivity contribution in [2.24, 2.45) is 0 Å². The number of benzene rings is 1. The van der Waals surface area contributed by atoms with E-state index in [1.807, 2.05) is 0 Å². The molecule has 0 unspecified atom stereocenters. The normalized spacial score (nSPS) is 12.2. The predicted molar refractivity (Wildman–Crippen MR) is 90.0 cm³/mol. The van der Waals surface area contributed by atoms with Gasteiger partial charge in [0, 0.05) is 30.5 Å². The molecular formula is C16H19F2N3O3S. The molecule has 1 aromatic carbocycles. The van der Waals surface area contributed by atoms with Crippen LogP contribution < -0.4 is 9.62 Å². The molecule has 0 radical (unpaired) electrons. The lowest BCUT2D eigenvalue weighted by molar-refractivity contribution is 0.0988. The zero-order valence-corrected chi connectivity index (χ0v) is 15.0. The maximum absolute atomic E-state index is 13.3. The van der Waals surface area contributed by atoms with Gasteiger partial charge in [-0.1, -0.05) is 0 Å². The van der Waals surface area contributed by atoms with Crippen LogP contribution in [0, 0.1) is 11.6 Å². The summed E-state index contributed by atoms with van der Waals surface area (Å²) in [6, 6.07) is 4.23. The number of hydrogen-bond donors (Lipinski definition) is 2. The number of amides is 1. The Morgan fingerprint density at radius 2 is 1.80 bits per heavy atom. The third kappa shape index (κ3) is 4.43. The van der Waals surface area contributed by atoms with Crippen LogP contribution in [0.25, 0.3) is 0 Å². The molecule has 2 rings (SSSR count). The summed E-state index contributed by atoms with van der Waals surface area (Å²) in [4.78, 5) is 16.0. The number of hydrogen-bond acceptors (Lipinski definition) is 3. The zero-order valence-electron chi connectivity index (χ0n) is 14.2. The second kappa shape index (κ2) is 6.57. The summed E-state index contributed by atoms with van der Waals surface area (Å²) in [7, 11) is -2.42. The van der Waals surface area contributed by atoms with Crippen LogP contribution >= 0.6 is 0 Å². The molecule has 0 aliphatic rings. The van der Waals surface area contributed by atoms with Gasteiger partial charge in [0.2, 0.25) is 10.0 Å². The van der Waals surface area contributed by atoms with Crippen molar-refractivity contribution in [2.45, 2.75) is 31.2 Å². The van der Waals surface area contributed by atoms with Crippen molar-refractivity contribution < 1.29 is 22.0 Å². The Hall–Kier alpha value is -2.26. The molecule has 1 aromatic heterocycles. The first-order valence-electron chi connectivity index (χ1n) is 7.36. The van der Waals surface area contributed by atoms with Crippen LogP contribution in [0.3, 0.4) is 0 Å². The van der Waals surface area contributed by atoms with Crippen molar-refractivity contribution in [3.8, 4) is 0 Å². The van der Waals surface area contributed by atoms with Crippen LogP contribution in [0.4, 0.5) is 14.5 Å². The molecule has 0 fully saturated rings. The van der Waals surface area contributed by atoms with E-state index in [2.05, 4.69) is 9.71 Å². The van der Waals surface area contributed by atoms with E-state index in [4.69, 9.17) is 0 Å². The van der Waals surface area contributed by atoms with E-state index in [0.29, 0.717) is 0 Å². The maximum Gasteiger partial charge on any atom is 0.274 e. The van der Waals surface area contributed by atoms with E-state index in [-0.39, 0.29) is 16.3 Å². The first-order chi connectivity index (χ1) is 11.4. The second-order valence-corrected chi connectivity index (χ2v) is 8.25. The van der Waals surface area contributed by atoms with Gasteiger partial charge in [0.15, 0.2) is 11.6 Å². The highest BCUT2D eigenvalue weighted by Gasteiger charge is 2.25. The van der Waals surface area contributed by atoms with Crippen LogP contribution in [0.15, 0.2) is 35.4 Å². The van der Waals surface area contributed by atoms with Crippen molar-refractivity contribution in [2.75, 3.05) is 11.9 Å². The standard InChI is InChI=1S/C16H19F2N3O3S/c1-16(2,3)20-25(23,24)11-8-14(19-9-11)15(22)21(4)10-5-6-12(17)13(18)7-10/h5-9,19-20H,1-4H3. The Balaban J connectivity index is 2.26. The van der Waals surface area contributed by atoms with Crippen molar-refractivity contribution in [3.05, 3.63) is 47.8 Å². The Morgan fingerprint density at radius 3 is 2.36 bits per heavy atom. The molecule has 136 valence electrons. The highest BCUT2D eigenvalue weighted by atomic mass is 32.2. The topological polar surface area (TPSA) is 82.3 Å². The second-order valence-electron chi connectivity index (χ2n) is 6.57. The molecule has 0 aliphatic heterocycles. The van der Waals surface area contributed by atoms with Gasteiger partial charge in [-0.3, -0.25) is 4.79 Å². The quantitative estimate of drug-likeness (QED) is 0.867. The minimum atomic E-state index is -3.79. The van der Waals surface area contributed by atoms with Crippen LogP contribution in [0.5, 0.6) is 0 Å². The highest BCUT2D eigenvalue weighted by Crippen LogP contribution is 2.20. The largest absolute Gasteiger partial charge is 0.356 e. The highest BCUT2D eigenvalue weighted by molar-refractivity contribution is 7.89. The molecule has 1 amide bonds. The van der Waals surface area contributed by atoms with Crippen molar-refractivity contribution in [1.29, 1.82) is 0 Å². The van der Waals surface area contributed by atoms with E-state index < -0.39 is 33.1 Å². The fraction of sp³-hybridized carbons (Fsp3) is 0.312. The average molecular weight is 371 g/mol. The molecule has 25 heavy (non-hydrogen) atoms. The number of H-pyrrole nitrogens is 1. The third-order valence-corrected chi connectivity index (χ3v) is 4.97. The minimum Gasteiger partial charge on any atom is -0.356 e. The van der Waals surface area contributed by atoms with Gasteiger partial charge < -0.3 is 9.88 Å². The fourth-order valence-electron chi connectivity index (χ4n) is 2.11. The van der Waals surface area contributed by atoms with E-state index in [1.54, 1.807) is 20.8 Å². The molecule has 0 aliphatic carbocycles. The number of anilines is 1. The first-order valence-corrected chi connectivity index (χ1v) is 8.84. The van der Waals surface area contributed by atoms with E-state index in [9.17, 15) is 22.0 Å². The van der Waals surface area contributed by atoms with Crippen molar-refractivity contribution in [1.82, 2.24) is 9.71 Å². The predicted octanol–water partition coefficient (Wildman–Crippen LogP) is 2.65. The maximum atomic E-state index is 13.3. The summed E-state index contributed by atoms with van der Waals surface area (Å²) in [5.41, 5.74) is -0.542. The number of aromatic nitrogens is 1. The molecule has 9 heteroatoms. The lowest BCUT2D eigenvalue weighted by atomic mass is 10.1. The summed E-state index contributed by atoms with van der Waals surface area (Å²) < 4.78 is 53.3. The van der Waals surface area contributed by atoms with Gasteiger partial charge in [-0.15, -0.1) is 0 Å². The van der Waals surface area contributed by atoms with Crippen LogP contribution in [-0.4, -0.2) is 31.9 Å². The summed E-state index contributed by atoms with van der Waals surface area (Å²) in [6.45, 7) is 5.08. The van der Waals surface area contributed by atoms with E-state index in [1.165, 1.54) is 25.4 Å². The number of halogens is 2. The Labute approximate surface area is 144 Å². The number of carbonyl (C=O) groups excluding carboxylic acids is 1. The molecule has 0 saturated heterocycles. The van der Waals surface area contributed by atoms with Crippen molar-refractivity contribution in [3.63, 3.8) is 0 Å². The lowest BCUT2D eigenvalue weighted by Gasteiger charge is -2.19. The van der Waals surface area contributed by atoms with Gasteiger partial charge >= 0.3 is 0 Å². The number of nitrogens with zero attached hydrogens (tertiary/aromatic N) is 1. The summed E-state index contributed by atoms with van der Waals surface area (Å²) in [6.07, 6.45) is 1.19. The zero-order chi connectivity index (χ0) is 19.0. The molecular weight excluding hydrogens is 352 g/mol. The van der Waals surface area contributed by atoms with Gasteiger partial charge in [-0.2, -0.15) is 0 Å². The molecule has 2 N–H and O–H groups in total. The average Bonchev–Trinajstić information content (AvgIpc) is 2.97. The monoisotopic (exact) mass is 371 g/mol. The summed E-state index contributed by atoms with van der Waals surface area (Å²) in [5.74, 6) is -2.70. The van der Waals surface area contributed by atoms with Crippen LogP contribution in [-0.2, 0) is 10.0 Å². The number of nitrogens with one attached hydrogen (secondary N) is 2. The molecule has 0 atom stereocenters. The Kier molecular flexibility index (Phi) is 5.01. The van der Waals surface area contributed by atoms with Gasteiger partial charge in [0.25, 0.3) is 5.91 Å². The van der Waals surface area contributed by atoms with E-state index >= 15 is 0 Å². The van der Waals surface area contributed by atoms with Gasteiger partial charge in [0.1, 0.15) is 10.6 Å². The van der Waals surface area contributed by atoms with Gasteiger partial charge in [-0.25, -0.2) is 21.9 Å². The summed E-state index contributed by atoms with van der Waals surface area (Å²) >= 11 is 0. The van der Waals surface area contributed by atoms with E-state index in [0.717, 1.165) is 17.0 Å². The fourth-order valence-corrected chi connectivity index (χ4v) is 3.52. The van der Waals surface area contributed by atoms with Gasteiger partial charge in [0.05, 0.1) is 0 Å².